The van der Waals surface area contributed by atoms with E-state index in [4.69, 9.17) is 9.84 Å². The number of hydrogen-bond donors (Lipinski definition) is 1. The van der Waals surface area contributed by atoms with E-state index in [-0.39, 0.29) is 6.61 Å². The lowest BCUT2D eigenvalue weighted by Crippen LogP contribution is -2.00. The van der Waals surface area contributed by atoms with E-state index in [0.29, 0.717) is 13.2 Å². The van der Waals surface area contributed by atoms with Crippen molar-refractivity contribution in [3.63, 3.8) is 0 Å². The molecular weight excluding hydrogens is 188 g/mol. The first-order valence-electron chi connectivity index (χ1n) is 4.00. The van der Waals surface area contributed by atoms with E-state index in [1.165, 1.54) is 0 Å². The minimum atomic E-state index is 0.0611. The number of hydrogen-bond acceptors (Lipinski definition) is 4. The summed E-state index contributed by atoms with van der Waals surface area (Å²) in [4.78, 5) is 5.17. The molecule has 0 radical (unpaired) electrons. The first-order valence-corrected chi connectivity index (χ1v) is 4.88. The Hall–Kier alpha value is -0.910. The molecule has 2 heterocycles. The molecule has 0 aliphatic heterocycles. The third kappa shape index (κ3) is 1.72. The summed E-state index contributed by atoms with van der Waals surface area (Å²) in [6, 6.07) is 0. The van der Waals surface area contributed by atoms with Gasteiger partial charge in [0.2, 0.25) is 0 Å². The fraction of sp³-hybridized carbons (Fsp3) is 0.375. The van der Waals surface area contributed by atoms with E-state index in [2.05, 4.69) is 4.98 Å². The summed E-state index contributed by atoms with van der Waals surface area (Å²) >= 11 is 1.59. The van der Waals surface area contributed by atoms with Crippen LogP contribution >= 0.6 is 11.3 Å². The number of ether oxygens (including phenoxy) is 1. The van der Waals surface area contributed by atoms with Gasteiger partial charge in [-0.2, -0.15) is 0 Å². The Morgan fingerprint density at radius 3 is 3.38 bits per heavy atom. The molecule has 5 heteroatoms. The summed E-state index contributed by atoms with van der Waals surface area (Å²) in [6.07, 6.45) is 3.76. The third-order valence-electron chi connectivity index (χ3n) is 1.71. The molecule has 0 fully saturated rings. The summed E-state index contributed by atoms with van der Waals surface area (Å²) in [5.74, 6) is 0. The highest BCUT2D eigenvalue weighted by atomic mass is 32.1. The largest absolute Gasteiger partial charge is 0.394 e. The smallest absolute Gasteiger partial charge is 0.193 e. The maximum Gasteiger partial charge on any atom is 0.193 e. The van der Waals surface area contributed by atoms with Gasteiger partial charge >= 0.3 is 0 Å². The van der Waals surface area contributed by atoms with Crippen LogP contribution in [0.2, 0.25) is 0 Å². The molecule has 0 saturated carbocycles. The van der Waals surface area contributed by atoms with Crippen molar-refractivity contribution < 1.29 is 9.84 Å². The molecule has 0 unspecified atom stereocenters. The van der Waals surface area contributed by atoms with Crippen molar-refractivity contribution >= 4 is 16.3 Å². The van der Waals surface area contributed by atoms with Gasteiger partial charge in [-0.25, -0.2) is 4.98 Å². The minimum Gasteiger partial charge on any atom is -0.394 e. The van der Waals surface area contributed by atoms with Crippen LogP contribution in [-0.2, 0) is 11.3 Å². The molecule has 13 heavy (non-hydrogen) atoms. The predicted octanol–water partition coefficient (Wildman–Crippen LogP) is 0.905. The number of imidazole rings is 1. The Balaban J connectivity index is 2.09. The zero-order valence-electron chi connectivity index (χ0n) is 7.01. The highest BCUT2D eigenvalue weighted by Gasteiger charge is 2.02. The second-order valence-electron chi connectivity index (χ2n) is 2.58. The average Bonchev–Trinajstić information content (AvgIpc) is 2.68. The Morgan fingerprint density at radius 2 is 2.54 bits per heavy atom. The van der Waals surface area contributed by atoms with Crippen molar-refractivity contribution in [2.75, 3.05) is 13.2 Å². The van der Waals surface area contributed by atoms with Gasteiger partial charge in [-0.3, -0.25) is 4.40 Å². The standard InChI is InChI=1S/C8H10N2O2S/c11-2-3-12-6-7-5-9-8-10(7)1-4-13-8/h1,4-5,11H,2-3,6H2. The maximum absolute atomic E-state index is 8.52. The number of aliphatic hydroxyl groups is 1. The molecule has 0 aromatic carbocycles. The zero-order valence-corrected chi connectivity index (χ0v) is 7.83. The van der Waals surface area contributed by atoms with Crippen LogP contribution in [0.15, 0.2) is 17.8 Å². The fourth-order valence-electron chi connectivity index (χ4n) is 1.12. The van der Waals surface area contributed by atoms with Crippen LogP contribution in [0.4, 0.5) is 0 Å². The lowest BCUT2D eigenvalue weighted by Gasteiger charge is -1.99. The van der Waals surface area contributed by atoms with E-state index >= 15 is 0 Å². The minimum absolute atomic E-state index is 0.0611. The molecule has 70 valence electrons. The number of aromatic nitrogens is 2. The molecule has 1 N–H and O–H groups in total. The molecule has 0 saturated heterocycles. The molecular formula is C8H10N2O2S. The van der Waals surface area contributed by atoms with Crippen molar-refractivity contribution in [2.24, 2.45) is 0 Å². The van der Waals surface area contributed by atoms with Crippen molar-refractivity contribution in [2.45, 2.75) is 6.61 Å². The average molecular weight is 198 g/mol. The number of nitrogens with zero attached hydrogens (tertiary/aromatic N) is 2. The van der Waals surface area contributed by atoms with Crippen LogP contribution in [0.1, 0.15) is 5.69 Å². The number of fused-ring (bicyclic) bond motifs is 1. The molecule has 0 atom stereocenters. The fourth-order valence-corrected chi connectivity index (χ4v) is 1.83. The number of thiazole rings is 1. The van der Waals surface area contributed by atoms with Gasteiger partial charge in [-0.05, 0) is 0 Å². The van der Waals surface area contributed by atoms with Gasteiger partial charge in [-0.15, -0.1) is 11.3 Å². The molecule has 0 spiro atoms. The highest BCUT2D eigenvalue weighted by Crippen LogP contribution is 2.12. The van der Waals surface area contributed by atoms with E-state index in [9.17, 15) is 0 Å². The van der Waals surface area contributed by atoms with Crippen LogP contribution in [0.5, 0.6) is 0 Å². The SMILES string of the molecule is OCCOCc1cnc2sccn12. The third-order valence-corrected chi connectivity index (χ3v) is 2.48. The Labute approximate surface area is 79.4 Å². The molecule has 2 aromatic heterocycles. The van der Waals surface area contributed by atoms with Crippen LogP contribution in [0.3, 0.4) is 0 Å². The van der Waals surface area contributed by atoms with Crippen molar-refractivity contribution in [1.82, 2.24) is 9.38 Å². The molecule has 0 amide bonds. The van der Waals surface area contributed by atoms with Gasteiger partial charge in [-0.1, -0.05) is 0 Å². The lowest BCUT2D eigenvalue weighted by atomic mass is 10.5. The summed E-state index contributed by atoms with van der Waals surface area (Å²) in [6.45, 7) is 0.932. The summed E-state index contributed by atoms with van der Waals surface area (Å²) in [5.41, 5.74) is 1.02. The van der Waals surface area contributed by atoms with Crippen LogP contribution in [0.25, 0.3) is 4.96 Å². The first-order chi connectivity index (χ1) is 6.42. The van der Waals surface area contributed by atoms with Crippen LogP contribution in [0, 0.1) is 0 Å². The van der Waals surface area contributed by atoms with E-state index in [0.717, 1.165) is 10.7 Å². The van der Waals surface area contributed by atoms with Crippen molar-refractivity contribution in [3.8, 4) is 0 Å². The lowest BCUT2D eigenvalue weighted by molar-refractivity contribution is 0.0794. The zero-order chi connectivity index (χ0) is 9.10. The topological polar surface area (TPSA) is 46.8 Å². The summed E-state index contributed by atoms with van der Waals surface area (Å²) < 4.78 is 7.19. The highest BCUT2D eigenvalue weighted by molar-refractivity contribution is 7.15. The normalized spacial score (nSPS) is 11.2. The second kappa shape index (κ2) is 3.87. The number of rotatable bonds is 4. The molecule has 0 aliphatic rings. The van der Waals surface area contributed by atoms with E-state index in [1.54, 1.807) is 17.5 Å². The molecule has 2 rings (SSSR count). The Kier molecular flexibility index (Phi) is 2.58. The van der Waals surface area contributed by atoms with Crippen LogP contribution in [-0.4, -0.2) is 27.7 Å². The quantitative estimate of drug-likeness (QED) is 0.743. The van der Waals surface area contributed by atoms with Gasteiger partial charge in [0.05, 0.1) is 31.7 Å². The predicted molar refractivity (Wildman–Crippen MR) is 49.8 cm³/mol. The summed E-state index contributed by atoms with van der Waals surface area (Å²) in [7, 11) is 0. The van der Waals surface area contributed by atoms with E-state index in [1.807, 2.05) is 16.0 Å². The van der Waals surface area contributed by atoms with Gasteiger partial charge in [0.25, 0.3) is 0 Å². The monoisotopic (exact) mass is 198 g/mol. The Bertz CT molecular complexity index is 382. The van der Waals surface area contributed by atoms with Gasteiger partial charge in [0.15, 0.2) is 4.96 Å². The van der Waals surface area contributed by atoms with Crippen LogP contribution < -0.4 is 0 Å². The molecule has 2 aromatic rings. The summed E-state index contributed by atoms with van der Waals surface area (Å²) in [5, 5.41) is 10.5. The van der Waals surface area contributed by atoms with Gasteiger partial charge in [0.1, 0.15) is 0 Å². The molecule has 4 nitrogen and oxygen atoms in total. The molecule has 0 bridgehead atoms. The van der Waals surface area contributed by atoms with Gasteiger partial charge in [0, 0.05) is 11.6 Å². The van der Waals surface area contributed by atoms with Crippen molar-refractivity contribution in [3.05, 3.63) is 23.5 Å². The first kappa shape index (κ1) is 8.68. The van der Waals surface area contributed by atoms with Crippen molar-refractivity contribution in [1.29, 1.82) is 0 Å². The maximum atomic E-state index is 8.52. The number of aliphatic hydroxyl groups excluding tert-OH is 1. The molecule has 0 aliphatic carbocycles. The second-order valence-corrected chi connectivity index (χ2v) is 3.45. The van der Waals surface area contributed by atoms with Gasteiger partial charge < -0.3 is 9.84 Å². The van der Waals surface area contributed by atoms with E-state index < -0.39 is 0 Å². The Morgan fingerprint density at radius 1 is 1.62 bits per heavy atom.